The number of halogens is 2. The average molecular weight is 354 g/mol. The van der Waals surface area contributed by atoms with Gasteiger partial charge in [-0.3, -0.25) is 4.79 Å². The summed E-state index contributed by atoms with van der Waals surface area (Å²) in [7, 11) is -4.02. The standard InChI is InChI=1S/C11H13BrFNO4S/c1-2-3-9(11(15)16)14-19(17,18)10-5-4-7(13)6-8(10)12/h4-6,9,14H,2-3H2,1H3,(H,15,16)/t9-/m0/s1. The fraction of sp³-hybridized carbons (Fsp3) is 0.364. The second-order valence-corrected chi connectivity index (χ2v) is 6.41. The average Bonchev–Trinajstić information content (AvgIpc) is 2.27. The van der Waals surface area contributed by atoms with Crippen LogP contribution in [0.5, 0.6) is 0 Å². The highest BCUT2D eigenvalue weighted by atomic mass is 79.9. The van der Waals surface area contributed by atoms with Gasteiger partial charge in [0, 0.05) is 4.47 Å². The number of aliphatic carboxylic acids is 1. The molecule has 0 spiro atoms. The van der Waals surface area contributed by atoms with Gasteiger partial charge in [0.25, 0.3) is 0 Å². The number of rotatable bonds is 6. The molecule has 1 aromatic carbocycles. The van der Waals surface area contributed by atoms with Crippen LogP contribution in [0, 0.1) is 5.82 Å². The lowest BCUT2D eigenvalue weighted by molar-refractivity contribution is -0.139. The minimum Gasteiger partial charge on any atom is -0.480 e. The Morgan fingerprint density at radius 1 is 1.53 bits per heavy atom. The van der Waals surface area contributed by atoms with E-state index in [1.165, 1.54) is 0 Å². The largest absolute Gasteiger partial charge is 0.480 e. The van der Waals surface area contributed by atoms with Gasteiger partial charge in [-0.15, -0.1) is 0 Å². The van der Waals surface area contributed by atoms with Crippen LogP contribution in [0.1, 0.15) is 19.8 Å². The van der Waals surface area contributed by atoms with Crippen molar-refractivity contribution in [1.82, 2.24) is 4.72 Å². The van der Waals surface area contributed by atoms with Crippen molar-refractivity contribution in [2.24, 2.45) is 0 Å². The van der Waals surface area contributed by atoms with Gasteiger partial charge in [0.1, 0.15) is 11.9 Å². The molecule has 5 nitrogen and oxygen atoms in total. The van der Waals surface area contributed by atoms with Gasteiger partial charge < -0.3 is 5.11 Å². The predicted octanol–water partition coefficient (Wildman–Crippen LogP) is 2.12. The van der Waals surface area contributed by atoms with Crippen LogP contribution < -0.4 is 4.72 Å². The van der Waals surface area contributed by atoms with Crippen LogP contribution in [0.15, 0.2) is 27.6 Å². The van der Waals surface area contributed by atoms with E-state index >= 15 is 0 Å². The maximum Gasteiger partial charge on any atom is 0.321 e. The Labute approximate surface area is 119 Å². The Morgan fingerprint density at radius 2 is 2.16 bits per heavy atom. The zero-order valence-electron chi connectivity index (χ0n) is 10.1. The molecule has 1 rings (SSSR count). The normalized spacial score (nSPS) is 13.2. The van der Waals surface area contributed by atoms with E-state index in [2.05, 4.69) is 20.7 Å². The van der Waals surface area contributed by atoms with E-state index in [0.717, 1.165) is 18.2 Å². The SMILES string of the molecule is CCC[C@H](NS(=O)(=O)c1ccc(F)cc1Br)C(=O)O. The molecule has 19 heavy (non-hydrogen) atoms. The first-order chi connectivity index (χ1) is 8.77. The third kappa shape index (κ3) is 4.26. The minimum absolute atomic E-state index is 0.0423. The summed E-state index contributed by atoms with van der Waals surface area (Å²) in [6.07, 6.45) is 0.692. The molecule has 106 valence electrons. The number of benzene rings is 1. The first kappa shape index (κ1) is 16.1. The number of hydrogen-bond acceptors (Lipinski definition) is 3. The first-order valence-electron chi connectivity index (χ1n) is 5.48. The zero-order valence-corrected chi connectivity index (χ0v) is 12.5. The summed E-state index contributed by atoms with van der Waals surface area (Å²) in [5, 5.41) is 8.93. The maximum absolute atomic E-state index is 12.9. The molecule has 0 fully saturated rings. The number of carboxylic acid groups (broad SMARTS) is 1. The topological polar surface area (TPSA) is 83.5 Å². The summed E-state index contributed by atoms with van der Waals surface area (Å²) < 4.78 is 39.1. The van der Waals surface area contributed by atoms with Gasteiger partial charge in [-0.2, -0.15) is 4.72 Å². The number of nitrogens with one attached hydrogen (secondary N) is 1. The van der Waals surface area contributed by atoms with Crippen molar-refractivity contribution < 1.29 is 22.7 Å². The lowest BCUT2D eigenvalue weighted by Gasteiger charge is -2.14. The van der Waals surface area contributed by atoms with E-state index in [9.17, 15) is 17.6 Å². The van der Waals surface area contributed by atoms with Crippen LogP contribution in [-0.4, -0.2) is 25.5 Å². The van der Waals surface area contributed by atoms with Gasteiger partial charge in [0.15, 0.2) is 0 Å². The molecule has 8 heteroatoms. The van der Waals surface area contributed by atoms with Crippen molar-refractivity contribution >= 4 is 31.9 Å². The molecule has 0 amide bonds. The van der Waals surface area contributed by atoms with Crippen molar-refractivity contribution in [2.75, 3.05) is 0 Å². The highest BCUT2D eigenvalue weighted by Crippen LogP contribution is 2.23. The summed E-state index contributed by atoms with van der Waals surface area (Å²) in [4.78, 5) is 10.7. The van der Waals surface area contributed by atoms with Crippen LogP contribution >= 0.6 is 15.9 Å². The Bertz CT molecular complexity index is 576. The van der Waals surface area contributed by atoms with Crippen LogP contribution in [0.25, 0.3) is 0 Å². The molecule has 0 radical (unpaired) electrons. The highest BCUT2D eigenvalue weighted by Gasteiger charge is 2.26. The molecular weight excluding hydrogens is 341 g/mol. The van der Waals surface area contributed by atoms with Gasteiger partial charge in [-0.25, -0.2) is 12.8 Å². The number of carboxylic acids is 1. The molecule has 1 aromatic rings. The van der Waals surface area contributed by atoms with Crippen molar-refractivity contribution in [3.05, 3.63) is 28.5 Å². The van der Waals surface area contributed by atoms with Gasteiger partial charge >= 0.3 is 5.97 Å². The smallest absolute Gasteiger partial charge is 0.321 e. The highest BCUT2D eigenvalue weighted by molar-refractivity contribution is 9.10. The van der Waals surface area contributed by atoms with Crippen LogP contribution in [-0.2, 0) is 14.8 Å². The third-order valence-corrected chi connectivity index (χ3v) is 4.80. The van der Waals surface area contributed by atoms with Crippen molar-refractivity contribution in [3.63, 3.8) is 0 Å². The van der Waals surface area contributed by atoms with Gasteiger partial charge in [0.05, 0.1) is 4.90 Å². The Hall–Kier alpha value is -0.990. The van der Waals surface area contributed by atoms with Crippen molar-refractivity contribution in [3.8, 4) is 0 Å². The molecular formula is C11H13BrFNO4S. The molecule has 0 unspecified atom stereocenters. The van der Waals surface area contributed by atoms with E-state index in [0.29, 0.717) is 6.42 Å². The number of hydrogen-bond donors (Lipinski definition) is 2. The molecule has 2 N–H and O–H groups in total. The second kappa shape index (κ2) is 6.44. The molecule has 1 atom stereocenters. The third-order valence-electron chi connectivity index (χ3n) is 2.36. The van der Waals surface area contributed by atoms with E-state index < -0.39 is 27.9 Å². The lowest BCUT2D eigenvalue weighted by atomic mass is 10.2. The second-order valence-electron chi connectivity index (χ2n) is 3.88. The van der Waals surface area contributed by atoms with Gasteiger partial charge in [0.2, 0.25) is 10.0 Å². The molecule has 0 aliphatic carbocycles. The van der Waals surface area contributed by atoms with Crippen molar-refractivity contribution in [1.29, 1.82) is 0 Å². The summed E-state index contributed by atoms with van der Waals surface area (Å²) in [6, 6.07) is 1.87. The predicted molar refractivity (Wildman–Crippen MR) is 70.8 cm³/mol. The molecule has 0 bridgehead atoms. The quantitative estimate of drug-likeness (QED) is 0.820. The van der Waals surface area contributed by atoms with E-state index in [1.807, 2.05) is 0 Å². The van der Waals surface area contributed by atoms with Gasteiger partial charge in [-0.1, -0.05) is 13.3 Å². The fourth-order valence-electron chi connectivity index (χ4n) is 1.47. The molecule has 0 saturated carbocycles. The molecule has 0 aromatic heterocycles. The summed E-state index contributed by atoms with van der Waals surface area (Å²) in [5.74, 6) is -1.84. The fourth-order valence-corrected chi connectivity index (χ4v) is 3.74. The van der Waals surface area contributed by atoms with E-state index in [-0.39, 0.29) is 15.8 Å². The Kier molecular flexibility index (Phi) is 5.45. The van der Waals surface area contributed by atoms with Crippen LogP contribution in [0.2, 0.25) is 0 Å². The molecule has 0 aliphatic heterocycles. The van der Waals surface area contributed by atoms with Crippen molar-refractivity contribution in [2.45, 2.75) is 30.7 Å². The maximum atomic E-state index is 12.9. The summed E-state index contributed by atoms with van der Waals surface area (Å²) >= 11 is 2.94. The zero-order chi connectivity index (χ0) is 14.6. The van der Waals surface area contributed by atoms with E-state index in [1.54, 1.807) is 6.92 Å². The van der Waals surface area contributed by atoms with Crippen LogP contribution in [0.4, 0.5) is 4.39 Å². The number of carbonyl (C=O) groups is 1. The monoisotopic (exact) mass is 353 g/mol. The molecule has 0 saturated heterocycles. The lowest BCUT2D eigenvalue weighted by Crippen LogP contribution is -2.40. The van der Waals surface area contributed by atoms with Crippen LogP contribution in [0.3, 0.4) is 0 Å². The first-order valence-corrected chi connectivity index (χ1v) is 7.75. The molecule has 0 heterocycles. The Balaban J connectivity index is 3.06. The summed E-state index contributed by atoms with van der Waals surface area (Å²) in [6.45, 7) is 1.75. The minimum atomic E-state index is -4.02. The number of sulfonamides is 1. The van der Waals surface area contributed by atoms with Gasteiger partial charge in [-0.05, 0) is 40.5 Å². The van der Waals surface area contributed by atoms with E-state index in [4.69, 9.17) is 5.11 Å². The molecule has 0 aliphatic rings. The Morgan fingerprint density at radius 3 is 2.63 bits per heavy atom. The summed E-state index contributed by atoms with van der Waals surface area (Å²) in [5.41, 5.74) is 0.